The molecule has 7 heteroatoms. The molecule has 0 aliphatic carbocycles. The number of hydrogen-bond donors (Lipinski definition) is 1. The lowest BCUT2D eigenvalue weighted by Crippen LogP contribution is -2.12. The Morgan fingerprint density at radius 1 is 1.28 bits per heavy atom. The monoisotopic (exact) mass is 267 g/mol. The Morgan fingerprint density at radius 3 is 2.78 bits per heavy atom. The van der Waals surface area contributed by atoms with Gasteiger partial charge in [0.15, 0.2) is 11.6 Å². The minimum absolute atomic E-state index is 0.0247. The quantitative estimate of drug-likeness (QED) is 0.864. The second kappa shape index (κ2) is 5.01. The van der Waals surface area contributed by atoms with Gasteiger partial charge in [-0.05, 0) is 18.2 Å². The molecule has 0 atom stereocenters. The van der Waals surface area contributed by atoms with Crippen LogP contribution >= 0.6 is 12.2 Å². The van der Waals surface area contributed by atoms with E-state index in [4.69, 9.17) is 22.7 Å². The molecule has 0 saturated carbocycles. The summed E-state index contributed by atoms with van der Waals surface area (Å²) in [5.74, 6) is -2.52. The maximum atomic E-state index is 13.4. The van der Waals surface area contributed by atoms with Crippen molar-refractivity contribution < 1.29 is 13.5 Å². The summed E-state index contributed by atoms with van der Waals surface area (Å²) in [4.78, 5) is 0.0247. The van der Waals surface area contributed by atoms with E-state index in [-0.39, 0.29) is 16.6 Å². The number of thiocarbonyl (C=S) groups is 1. The van der Waals surface area contributed by atoms with E-state index >= 15 is 0 Å². The normalized spacial score (nSPS) is 10.1. The minimum atomic E-state index is -1.11. The van der Waals surface area contributed by atoms with Crippen LogP contribution in [0.15, 0.2) is 30.5 Å². The van der Waals surface area contributed by atoms with Gasteiger partial charge >= 0.3 is 0 Å². The van der Waals surface area contributed by atoms with Crippen molar-refractivity contribution in [1.82, 2.24) is 10.2 Å². The van der Waals surface area contributed by atoms with Crippen molar-refractivity contribution in [2.45, 2.75) is 0 Å². The predicted octanol–water partition coefficient (Wildman–Crippen LogP) is 2.18. The maximum Gasteiger partial charge on any atom is 0.249 e. The van der Waals surface area contributed by atoms with E-state index in [1.54, 1.807) is 0 Å². The highest BCUT2D eigenvalue weighted by atomic mass is 32.1. The molecule has 1 aromatic heterocycles. The number of ether oxygens (including phenoxy) is 1. The van der Waals surface area contributed by atoms with Gasteiger partial charge in [0, 0.05) is 0 Å². The largest absolute Gasteiger partial charge is 0.434 e. The molecule has 92 valence electrons. The van der Waals surface area contributed by atoms with Gasteiger partial charge in [-0.2, -0.15) is 9.49 Å². The number of nitrogens with two attached hydrogens (primary N) is 1. The van der Waals surface area contributed by atoms with Crippen LogP contribution in [0, 0.1) is 11.6 Å². The third-order valence-corrected chi connectivity index (χ3v) is 2.30. The highest BCUT2D eigenvalue weighted by molar-refractivity contribution is 7.80. The molecule has 1 aromatic carbocycles. The molecule has 0 unspecified atom stereocenters. The number of aromatic nitrogens is 2. The molecule has 2 N–H and O–H groups in total. The van der Waals surface area contributed by atoms with E-state index in [1.165, 1.54) is 24.4 Å². The third kappa shape index (κ3) is 2.40. The fraction of sp³-hybridized carbons (Fsp3) is 0. The third-order valence-electron chi connectivity index (χ3n) is 2.08. The molecule has 0 radical (unpaired) electrons. The Morgan fingerprint density at radius 2 is 2.06 bits per heavy atom. The van der Waals surface area contributed by atoms with Crippen LogP contribution in [0.4, 0.5) is 8.78 Å². The average molecular weight is 267 g/mol. The van der Waals surface area contributed by atoms with Gasteiger partial charge in [-0.25, -0.2) is 4.39 Å². The lowest BCUT2D eigenvalue weighted by atomic mass is 10.3. The van der Waals surface area contributed by atoms with Gasteiger partial charge in [0.25, 0.3) is 0 Å². The molecule has 2 rings (SSSR count). The first-order valence-electron chi connectivity index (χ1n) is 4.83. The van der Waals surface area contributed by atoms with Crippen molar-refractivity contribution >= 4 is 17.2 Å². The van der Waals surface area contributed by atoms with Gasteiger partial charge in [0.2, 0.25) is 11.7 Å². The Balaban J connectivity index is 2.40. The van der Waals surface area contributed by atoms with Crippen molar-refractivity contribution in [3.8, 4) is 11.6 Å². The fourth-order valence-electron chi connectivity index (χ4n) is 1.25. The van der Waals surface area contributed by atoms with E-state index in [1.807, 2.05) is 0 Å². The van der Waals surface area contributed by atoms with Crippen molar-refractivity contribution in [2.24, 2.45) is 5.73 Å². The Kier molecular flexibility index (Phi) is 3.42. The molecule has 0 bridgehead atoms. The van der Waals surface area contributed by atoms with E-state index in [2.05, 4.69) is 10.2 Å². The molecular formula is C11H7F2N3OS. The number of benzene rings is 1. The molecule has 1 heterocycles. The summed E-state index contributed by atoms with van der Waals surface area (Å²) >= 11 is 4.79. The highest BCUT2D eigenvalue weighted by Crippen LogP contribution is 2.26. The molecule has 2 aromatic rings. The molecule has 0 spiro atoms. The first-order chi connectivity index (χ1) is 8.59. The molecule has 0 saturated heterocycles. The molecule has 0 amide bonds. The Bertz CT molecular complexity index is 607. The zero-order valence-electron chi connectivity index (χ0n) is 8.93. The van der Waals surface area contributed by atoms with Crippen LogP contribution in [0.5, 0.6) is 11.6 Å². The van der Waals surface area contributed by atoms with Gasteiger partial charge in [-0.3, -0.25) is 0 Å². The van der Waals surface area contributed by atoms with Crippen molar-refractivity contribution in [3.05, 3.63) is 47.7 Å². The van der Waals surface area contributed by atoms with Crippen LogP contribution in [-0.2, 0) is 0 Å². The molecule has 0 fully saturated rings. The number of hydrogen-bond acceptors (Lipinski definition) is 4. The standard InChI is InChI=1S/C11H7F2N3OS/c12-7-2-1-3-8(9(7)13)17-11-6(10(14)18)4-5-15-16-11/h1-5H,(H2,14,18). The topological polar surface area (TPSA) is 61.0 Å². The van der Waals surface area contributed by atoms with Crippen LogP contribution in [0.1, 0.15) is 5.56 Å². The maximum absolute atomic E-state index is 13.4. The number of halogens is 2. The fourth-order valence-corrected chi connectivity index (χ4v) is 1.40. The highest BCUT2D eigenvalue weighted by Gasteiger charge is 2.14. The zero-order chi connectivity index (χ0) is 13.1. The summed E-state index contributed by atoms with van der Waals surface area (Å²) in [7, 11) is 0. The van der Waals surface area contributed by atoms with Gasteiger partial charge in [0.1, 0.15) is 4.99 Å². The van der Waals surface area contributed by atoms with E-state index in [9.17, 15) is 8.78 Å². The lowest BCUT2D eigenvalue weighted by molar-refractivity contribution is 0.401. The Labute approximate surface area is 106 Å². The first kappa shape index (κ1) is 12.3. The van der Waals surface area contributed by atoms with Crippen LogP contribution in [0.25, 0.3) is 0 Å². The number of nitrogens with zero attached hydrogens (tertiary/aromatic N) is 2. The van der Waals surface area contributed by atoms with Gasteiger partial charge in [-0.15, -0.1) is 5.10 Å². The lowest BCUT2D eigenvalue weighted by Gasteiger charge is -2.08. The summed E-state index contributed by atoms with van der Waals surface area (Å²) in [6.45, 7) is 0. The van der Waals surface area contributed by atoms with Gasteiger partial charge in [0.05, 0.1) is 11.8 Å². The van der Waals surface area contributed by atoms with E-state index < -0.39 is 11.6 Å². The molecule has 4 nitrogen and oxygen atoms in total. The van der Waals surface area contributed by atoms with Crippen molar-refractivity contribution in [3.63, 3.8) is 0 Å². The summed E-state index contributed by atoms with van der Waals surface area (Å²) in [6, 6.07) is 5.02. The van der Waals surface area contributed by atoms with E-state index in [0.29, 0.717) is 5.56 Å². The summed E-state index contributed by atoms with van der Waals surface area (Å²) in [5, 5.41) is 7.21. The predicted molar refractivity (Wildman–Crippen MR) is 64.4 cm³/mol. The number of rotatable bonds is 3. The van der Waals surface area contributed by atoms with Crippen LogP contribution in [0.2, 0.25) is 0 Å². The average Bonchev–Trinajstić information content (AvgIpc) is 2.35. The SMILES string of the molecule is NC(=S)c1ccnnc1Oc1cccc(F)c1F. The second-order valence-corrected chi connectivity index (χ2v) is 3.71. The van der Waals surface area contributed by atoms with Crippen molar-refractivity contribution in [2.75, 3.05) is 0 Å². The second-order valence-electron chi connectivity index (χ2n) is 3.27. The molecule has 0 aliphatic heterocycles. The van der Waals surface area contributed by atoms with Gasteiger partial charge in [-0.1, -0.05) is 18.3 Å². The van der Waals surface area contributed by atoms with Gasteiger partial charge < -0.3 is 10.5 Å². The van der Waals surface area contributed by atoms with Crippen LogP contribution in [0.3, 0.4) is 0 Å². The first-order valence-corrected chi connectivity index (χ1v) is 5.24. The zero-order valence-corrected chi connectivity index (χ0v) is 9.75. The summed E-state index contributed by atoms with van der Waals surface area (Å²) in [5.41, 5.74) is 5.75. The summed E-state index contributed by atoms with van der Waals surface area (Å²) in [6.07, 6.45) is 1.36. The van der Waals surface area contributed by atoms with Crippen LogP contribution in [-0.4, -0.2) is 15.2 Å². The summed E-state index contributed by atoms with van der Waals surface area (Å²) < 4.78 is 31.5. The molecule has 18 heavy (non-hydrogen) atoms. The molecular weight excluding hydrogens is 260 g/mol. The van der Waals surface area contributed by atoms with E-state index in [0.717, 1.165) is 6.07 Å². The van der Waals surface area contributed by atoms with Crippen LogP contribution < -0.4 is 10.5 Å². The molecule has 0 aliphatic rings. The smallest absolute Gasteiger partial charge is 0.249 e. The Hall–Kier alpha value is -2.15. The minimum Gasteiger partial charge on any atom is -0.434 e. The van der Waals surface area contributed by atoms with Crippen molar-refractivity contribution in [1.29, 1.82) is 0 Å².